The van der Waals surface area contributed by atoms with Gasteiger partial charge in [0.05, 0.1) is 6.21 Å². The number of carboxylic acids is 1. The Morgan fingerprint density at radius 2 is 1.74 bits per heavy atom. The largest absolute Gasteiger partial charge is 0.481 e. The molecule has 2 N–H and O–H groups in total. The summed E-state index contributed by atoms with van der Waals surface area (Å²) in [5, 5.41) is 13.4. The number of para-hydroxylation sites is 1. The molecule has 0 aliphatic carbocycles. The molecule has 0 aromatic heterocycles. The van der Waals surface area contributed by atoms with Gasteiger partial charge in [-0.15, -0.1) is 11.8 Å². The average molecular weight is 455 g/mol. The Morgan fingerprint density at radius 3 is 2.45 bits per heavy atom. The lowest BCUT2D eigenvalue weighted by molar-refractivity contribution is -0.139. The molecule has 8 heteroatoms. The van der Waals surface area contributed by atoms with Crippen molar-refractivity contribution in [2.24, 2.45) is 5.10 Å². The van der Waals surface area contributed by atoms with Crippen LogP contribution in [0.15, 0.2) is 82.8 Å². The predicted octanol–water partition coefficient (Wildman–Crippen LogP) is 4.86. The summed E-state index contributed by atoms with van der Waals surface area (Å²) in [7, 11) is 0. The van der Waals surface area contributed by atoms with Crippen molar-refractivity contribution in [1.29, 1.82) is 0 Å². The molecule has 0 radical (unpaired) electrons. The third-order valence-corrected chi connectivity index (χ3v) is 5.41. The van der Waals surface area contributed by atoms with Gasteiger partial charge in [-0.05, 0) is 54.1 Å². The van der Waals surface area contributed by atoms with Crippen LogP contribution in [0.4, 0.5) is 0 Å². The number of amides is 1. The number of ether oxygens (including phenoxy) is 1. The van der Waals surface area contributed by atoms with E-state index in [9.17, 15) is 9.59 Å². The average Bonchev–Trinajstić information content (AvgIpc) is 2.78. The summed E-state index contributed by atoms with van der Waals surface area (Å²) in [6.45, 7) is -0.458. The zero-order chi connectivity index (χ0) is 22.1. The minimum absolute atomic E-state index is 0.350. The first-order valence-electron chi connectivity index (χ1n) is 9.25. The van der Waals surface area contributed by atoms with Gasteiger partial charge < -0.3 is 9.84 Å². The number of aliphatic carboxylic acids is 1. The molecule has 31 heavy (non-hydrogen) atoms. The van der Waals surface area contributed by atoms with Gasteiger partial charge in [-0.25, -0.2) is 10.2 Å². The molecule has 0 aliphatic rings. The quantitative estimate of drug-likeness (QED) is 0.274. The number of nitrogens with zero attached hydrogens (tertiary/aromatic N) is 1. The van der Waals surface area contributed by atoms with Crippen molar-refractivity contribution >= 4 is 41.5 Å². The van der Waals surface area contributed by atoms with Crippen molar-refractivity contribution in [3.8, 4) is 5.75 Å². The molecule has 0 saturated heterocycles. The number of nitrogens with one attached hydrogen (secondary N) is 1. The second kappa shape index (κ2) is 11.2. The van der Waals surface area contributed by atoms with Gasteiger partial charge >= 0.3 is 5.97 Å². The van der Waals surface area contributed by atoms with Crippen molar-refractivity contribution in [2.75, 3.05) is 6.61 Å². The molecular weight excluding hydrogens is 436 g/mol. The first-order valence-corrected chi connectivity index (χ1v) is 10.6. The number of carbonyl (C=O) groups is 2. The van der Waals surface area contributed by atoms with Gasteiger partial charge in [0.2, 0.25) is 0 Å². The Kier molecular flexibility index (Phi) is 8.09. The lowest BCUT2D eigenvalue weighted by Gasteiger charge is -2.06. The lowest BCUT2D eigenvalue weighted by Crippen LogP contribution is -2.17. The molecule has 6 nitrogen and oxygen atoms in total. The van der Waals surface area contributed by atoms with Gasteiger partial charge in [-0.2, -0.15) is 5.10 Å². The van der Waals surface area contributed by atoms with Gasteiger partial charge in [0.25, 0.3) is 5.91 Å². The Bertz CT molecular complexity index is 1070. The minimum atomic E-state index is -1.07. The van der Waals surface area contributed by atoms with E-state index in [1.165, 1.54) is 6.21 Å². The summed E-state index contributed by atoms with van der Waals surface area (Å²) < 4.78 is 5.20. The van der Waals surface area contributed by atoms with Crippen molar-refractivity contribution in [1.82, 2.24) is 5.43 Å². The van der Waals surface area contributed by atoms with Crippen molar-refractivity contribution in [3.63, 3.8) is 0 Å². The third kappa shape index (κ3) is 7.16. The number of halogens is 1. The van der Waals surface area contributed by atoms with Crippen LogP contribution in [0.3, 0.4) is 0 Å². The van der Waals surface area contributed by atoms with Gasteiger partial charge in [0.15, 0.2) is 6.61 Å². The normalized spacial score (nSPS) is 10.7. The second-order valence-corrected chi connectivity index (χ2v) is 7.84. The summed E-state index contributed by atoms with van der Waals surface area (Å²) in [5.41, 5.74) is 4.58. The summed E-state index contributed by atoms with van der Waals surface area (Å²) in [5.74, 6) is -0.285. The van der Waals surface area contributed by atoms with Gasteiger partial charge in [-0.1, -0.05) is 35.9 Å². The highest BCUT2D eigenvalue weighted by Crippen LogP contribution is 2.24. The zero-order valence-electron chi connectivity index (χ0n) is 16.3. The maximum Gasteiger partial charge on any atom is 0.341 e. The number of hydrogen-bond donors (Lipinski definition) is 2. The summed E-state index contributed by atoms with van der Waals surface area (Å²) in [6.07, 6.45) is 1.41. The molecule has 158 valence electrons. The van der Waals surface area contributed by atoms with Gasteiger partial charge in [0, 0.05) is 26.8 Å². The maximum absolute atomic E-state index is 12.3. The topological polar surface area (TPSA) is 88.0 Å². The number of benzene rings is 3. The van der Waals surface area contributed by atoms with E-state index in [1.54, 1.807) is 48.2 Å². The molecule has 3 aromatic carbocycles. The Balaban J connectivity index is 1.54. The molecular formula is C23H19ClN2O4S. The van der Waals surface area contributed by atoms with Crippen LogP contribution in [0.5, 0.6) is 5.75 Å². The van der Waals surface area contributed by atoms with Crippen LogP contribution in [0, 0.1) is 0 Å². The zero-order valence-corrected chi connectivity index (χ0v) is 17.9. The molecule has 0 bridgehead atoms. The molecule has 0 aliphatic heterocycles. The first kappa shape index (κ1) is 22.4. The minimum Gasteiger partial charge on any atom is -0.481 e. The highest BCUT2D eigenvalue weighted by atomic mass is 35.5. The van der Waals surface area contributed by atoms with E-state index < -0.39 is 12.6 Å². The summed E-state index contributed by atoms with van der Waals surface area (Å²) >= 11 is 7.58. The fourth-order valence-electron chi connectivity index (χ4n) is 2.53. The summed E-state index contributed by atoms with van der Waals surface area (Å²) in [6, 6.07) is 21.8. The molecule has 0 saturated carbocycles. The molecule has 0 fully saturated rings. The van der Waals surface area contributed by atoms with Gasteiger partial charge in [0.1, 0.15) is 5.75 Å². The Labute approximate surface area is 188 Å². The number of hydrazone groups is 1. The monoisotopic (exact) mass is 454 g/mol. The number of carbonyl (C=O) groups excluding carboxylic acids is 1. The molecule has 3 aromatic rings. The third-order valence-electron chi connectivity index (χ3n) is 4.08. The number of thioether (sulfide) groups is 1. The van der Waals surface area contributed by atoms with E-state index in [-0.39, 0.29) is 5.91 Å². The molecule has 0 atom stereocenters. The van der Waals surface area contributed by atoms with Crippen molar-refractivity contribution < 1.29 is 19.4 Å². The Morgan fingerprint density at radius 1 is 1.03 bits per heavy atom. The van der Waals surface area contributed by atoms with E-state index in [0.29, 0.717) is 21.9 Å². The standard InChI is InChI=1S/C23H19ClN2O4S/c24-19-9-11-20(12-10-19)31-15-16-5-7-17(8-6-16)23(29)26-25-13-18-3-1-2-4-21(18)30-14-22(27)28/h1-13H,14-15H2,(H,26,29)(H,27,28)/b25-13+. The van der Waals surface area contributed by atoms with Crippen molar-refractivity contribution in [2.45, 2.75) is 10.6 Å². The van der Waals surface area contributed by atoms with E-state index in [1.807, 2.05) is 36.4 Å². The smallest absolute Gasteiger partial charge is 0.341 e. The number of carboxylic acid groups (broad SMARTS) is 1. The van der Waals surface area contributed by atoms with Crippen LogP contribution in [0.25, 0.3) is 0 Å². The lowest BCUT2D eigenvalue weighted by atomic mass is 10.1. The van der Waals surface area contributed by atoms with Crippen molar-refractivity contribution in [3.05, 3.63) is 94.5 Å². The number of hydrogen-bond acceptors (Lipinski definition) is 5. The molecule has 0 spiro atoms. The molecule has 0 heterocycles. The van der Waals surface area contributed by atoms with Crippen LogP contribution in [-0.4, -0.2) is 29.8 Å². The van der Waals surface area contributed by atoms with E-state index >= 15 is 0 Å². The van der Waals surface area contributed by atoms with Crippen LogP contribution in [-0.2, 0) is 10.5 Å². The molecule has 1 amide bonds. The summed E-state index contributed by atoms with van der Waals surface area (Å²) in [4.78, 5) is 24.1. The second-order valence-electron chi connectivity index (χ2n) is 6.36. The van der Waals surface area contributed by atoms with E-state index in [0.717, 1.165) is 16.2 Å². The Hall–Kier alpha value is -3.29. The molecule has 0 unspecified atom stereocenters. The van der Waals surface area contributed by atoms with Crippen LogP contribution in [0.1, 0.15) is 21.5 Å². The highest BCUT2D eigenvalue weighted by molar-refractivity contribution is 7.98. The van der Waals surface area contributed by atoms with E-state index in [4.69, 9.17) is 21.4 Å². The fourth-order valence-corrected chi connectivity index (χ4v) is 3.51. The SMILES string of the molecule is O=C(O)COc1ccccc1/C=N/NC(=O)c1ccc(CSc2ccc(Cl)cc2)cc1. The van der Waals surface area contributed by atoms with Crippen LogP contribution < -0.4 is 10.2 Å². The van der Waals surface area contributed by atoms with Crippen LogP contribution >= 0.6 is 23.4 Å². The fraction of sp³-hybridized carbons (Fsp3) is 0.0870. The van der Waals surface area contributed by atoms with Gasteiger partial charge in [-0.3, -0.25) is 4.79 Å². The maximum atomic E-state index is 12.3. The number of rotatable bonds is 9. The van der Waals surface area contributed by atoms with Crippen LogP contribution in [0.2, 0.25) is 5.02 Å². The highest BCUT2D eigenvalue weighted by Gasteiger charge is 2.06. The first-order chi connectivity index (χ1) is 15.0. The predicted molar refractivity (Wildman–Crippen MR) is 122 cm³/mol. The molecule has 3 rings (SSSR count). The van der Waals surface area contributed by atoms with E-state index in [2.05, 4.69) is 10.5 Å².